The molecule has 0 aliphatic carbocycles. The SMILES string of the molecule is C/C=C(/C)C1=C(C)CNC1=O. The standard InChI is InChI=1S/C9H13NO/c1-4-6(2)8-7(3)5-10-9(8)11/h4H,5H2,1-3H3,(H,10,11)/b6-4-. The number of nitrogens with one attached hydrogen (secondary N) is 1. The van der Waals surface area contributed by atoms with Crippen LogP contribution in [0.15, 0.2) is 22.8 Å². The van der Waals surface area contributed by atoms with Crippen molar-refractivity contribution in [3.05, 3.63) is 22.8 Å². The summed E-state index contributed by atoms with van der Waals surface area (Å²) in [6, 6.07) is 0. The van der Waals surface area contributed by atoms with E-state index in [-0.39, 0.29) is 5.91 Å². The molecule has 1 aliphatic heterocycles. The molecule has 11 heavy (non-hydrogen) atoms. The summed E-state index contributed by atoms with van der Waals surface area (Å²) in [7, 11) is 0. The Balaban J connectivity index is 3.01. The first kappa shape index (κ1) is 8.05. The van der Waals surface area contributed by atoms with Crippen LogP contribution < -0.4 is 5.32 Å². The molecule has 0 saturated carbocycles. The van der Waals surface area contributed by atoms with Crippen molar-refractivity contribution in [1.82, 2.24) is 5.32 Å². The van der Waals surface area contributed by atoms with Crippen LogP contribution in [-0.4, -0.2) is 12.5 Å². The van der Waals surface area contributed by atoms with Gasteiger partial charge in [-0.15, -0.1) is 0 Å². The Morgan fingerprint density at radius 2 is 2.27 bits per heavy atom. The maximum absolute atomic E-state index is 11.2. The Bertz CT molecular complexity index is 248. The first-order chi connectivity index (χ1) is 5.16. The lowest BCUT2D eigenvalue weighted by atomic mass is 10.0. The normalized spacial score (nSPS) is 19.2. The predicted molar refractivity (Wildman–Crippen MR) is 45.1 cm³/mol. The zero-order chi connectivity index (χ0) is 8.43. The fourth-order valence-electron chi connectivity index (χ4n) is 1.24. The van der Waals surface area contributed by atoms with Gasteiger partial charge in [-0.2, -0.15) is 0 Å². The van der Waals surface area contributed by atoms with Crippen molar-refractivity contribution in [3.8, 4) is 0 Å². The Labute approximate surface area is 67.0 Å². The van der Waals surface area contributed by atoms with Gasteiger partial charge in [0.1, 0.15) is 0 Å². The number of hydrogen-bond donors (Lipinski definition) is 1. The molecule has 0 spiro atoms. The van der Waals surface area contributed by atoms with Crippen LogP contribution in [0.3, 0.4) is 0 Å². The third-order valence-corrected chi connectivity index (χ3v) is 2.00. The largest absolute Gasteiger partial charge is 0.348 e. The molecule has 2 nitrogen and oxygen atoms in total. The van der Waals surface area contributed by atoms with Crippen LogP contribution in [0.2, 0.25) is 0 Å². The first-order valence-electron chi connectivity index (χ1n) is 3.78. The van der Waals surface area contributed by atoms with Gasteiger partial charge in [-0.3, -0.25) is 4.79 Å². The number of allylic oxidation sites excluding steroid dienone is 1. The fraction of sp³-hybridized carbons (Fsp3) is 0.444. The third-order valence-electron chi connectivity index (χ3n) is 2.00. The van der Waals surface area contributed by atoms with Crippen molar-refractivity contribution in [1.29, 1.82) is 0 Å². The zero-order valence-electron chi connectivity index (χ0n) is 7.19. The van der Waals surface area contributed by atoms with E-state index in [0.717, 1.165) is 16.7 Å². The second kappa shape index (κ2) is 2.91. The molecule has 0 bridgehead atoms. The fourth-order valence-corrected chi connectivity index (χ4v) is 1.24. The highest BCUT2D eigenvalue weighted by atomic mass is 16.1. The Morgan fingerprint density at radius 3 is 2.64 bits per heavy atom. The molecule has 1 heterocycles. The van der Waals surface area contributed by atoms with E-state index >= 15 is 0 Å². The highest BCUT2D eigenvalue weighted by Crippen LogP contribution is 2.18. The average Bonchev–Trinajstić information content (AvgIpc) is 2.30. The van der Waals surface area contributed by atoms with Gasteiger partial charge in [0.05, 0.1) is 0 Å². The summed E-state index contributed by atoms with van der Waals surface area (Å²) >= 11 is 0. The quantitative estimate of drug-likeness (QED) is 0.603. The molecule has 60 valence electrons. The van der Waals surface area contributed by atoms with Crippen molar-refractivity contribution in [2.45, 2.75) is 20.8 Å². The van der Waals surface area contributed by atoms with Gasteiger partial charge < -0.3 is 5.32 Å². The summed E-state index contributed by atoms with van der Waals surface area (Å²) in [6.45, 7) is 6.60. The van der Waals surface area contributed by atoms with Crippen molar-refractivity contribution >= 4 is 5.91 Å². The number of hydrogen-bond acceptors (Lipinski definition) is 1. The zero-order valence-corrected chi connectivity index (χ0v) is 7.19. The third kappa shape index (κ3) is 1.34. The predicted octanol–water partition coefficient (Wildman–Crippen LogP) is 1.40. The van der Waals surface area contributed by atoms with Crippen LogP contribution in [-0.2, 0) is 4.79 Å². The summed E-state index contributed by atoms with van der Waals surface area (Å²) in [5.41, 5.74) is 3.08. The minimum Gasteiger partial charge on any atom is -0.348 e. The molecular weight excluding hydrogens is 138 g/mol. The summed E-state index contributed by atoms with van der Waals surface area (Å²) in [5, 5.41) is 2.78. The van der Waals surface area contributed by atoms with Crippen LogP contribution >= 0.6 is 0 Å². The molecule has 1 N–H and O–H groups in total. The van der Waals surface area contributed by atoms with Gasteiger partial charge in [0.15, 0.2) is 0 Å². The van der Waals surface area contributed by atoms with E-state index in [0.29, 0.717) is 6.54 Å². The number of rotatable bonds is 1. The summed E-state index contributed by atoms with van der Waals surface area (Å²) in [5.74, 6) is 0.0677. The van der Waals surface area contributed by atoms with Crippen LogP contribution in [0.4, 0.5) is 0 Å². The van der Waals surface area contributed by atoms with Crippen molar-refractivity contribution in [3.63, 3.8) is 0 Å². The molecular formula is C9H13NO. The Hall–Kier alpha value is -1.05. The highest BCUT2D eigenvalue weighted by molar-refractivity contribution is 6.00. The second-order valence-electron chi connectivity index (χ2n) is 2.81. The molecule has 1 aliphatic rings. The lowest BCUT2D eigenvalue weighted by Gasteiger charge is -1.99. The molecule has 0 aromatic rings. The van der Waals surface area contributed by atoms with Gasteiger partial charge in [-0.1, -0.05) is 6.08 Å². The lowest BCUT2D eigenvalue weighted by Crippen LogP contribution is -2.17. The second-order valence-corrected chi connectivity index (χ2v) is 2.81. The Kier molecular flexibility index (Phi) is 2.13. The molecule has 0 atom stereocenters. The van der Waals surface area contributed by atoms with E-state index in [2.05, 4.69) is 5.32 Å². The number of amides is 1. The van der Waals surface area contributed by atoms with Gasteiger partial charge in [0.25, 0.3) is 5.91 Å². The highest BCUT2D eigenvalue weighted by Gasteiger charge is 2.19. The summed E-state index contributed by atoms with van der Waals surface area (Å²) in [4.78, 5) is 11.2. The van der Waals surface area contributed by atoms with E-state index in [1.807, 2.05) is 26.8 Å². The van der Waals surface area contributed by atoms with E-state index in [4.69, 9.17) is 0 Å². The van der Waals surface area contributed by atoms with E-state index in [1.54, 1.807) is 0 Å². The summed E-state index contributed by atoms with van der Waals surface area (Å²) in [6.07, 6.45) is 1.96. The molecule has 0 fully saturated rings. The minimum atomic E-state index is 0.0677. The molecule has 0 saturated heterocycles. The number of carbonyl (C=O) groups excluding carboxylic acids is 1. The maximum Gasteiger partial charge on any atom is 0.251 e. The van der Waals surface area contributed by atoms with Gasteiger partial charge in [-0.05, 0) is 31.9 Å². The monoisotopic (exact) mass is 151 g/mol. The van der Waals surface area contributed by atoms with Crippen LogP contribution in [0.1, 0.15) is 20.8 Å². The Morgan fingerprint density at radius 1 is 1.64 bits per heavy atom. The first-order valence-corrected chi connectivity index (χ1v) is 3.78. The minimum absolute atomic E-state index is 0.0677. The molecule has 1 amide bonds. The molecule has 2 heteroatoms. The molecule has 0 radical (unpaired) electrons. The maximum atomic E-state index is 11.2. The van der Waals surface area contributed by atoms with Crippen molar-refractivity contribution < 1.29 is 4.79 Å². The molecule has 0 aromatic carbocycles. The van der Waals surface area contributed by atoms with Gasteiger partial charge >= 0.3 is 0 Å². The van der Waals surface area contributed by atoms with Crippen molar-refractivity contribution in [2.75, 3.05) is 6.54 Å². The van der Waals surface area contributed by atoms with Gasteiger partial charge in [0, 0.05) is 12.1 Å². The van der Waals surface area contributed by atoms with Crippen molar-refractivity contribution in [2.24, 2.45) is 0 Å². The topological polar surface area (TPSA) is 29.1 Å². The van der Waals surface area contributed by atoms with Crippen LogP contribution in [0.25, 0.3) is 0 Å². The molecule has 0 aromatic heterocycles. The van der Waals surface area contributed by atoms with Gasteiger partial charge in [0.2, 0.25) is 0 Å². The van der Waals surface area contributed by atoms with Crippen LogP contribution in [0, 0.1) is 0 Å². The molecule has 0 unspecified atom stereocenters. The lowest BCUT2D eigenvalue weighted by molar-refractivity contribution is -0.116. The van der Waals surface area contributed by atoms with Crippen LogP contribution in [0.5, 0.6) is 0 Å². The summed E-state index contributed by atoms with van der Waals surface area (Å²) < 4.78 is 0. The number of carbonyl (C=O) groups is 1. The molecule has 1 rings (SSSR count). The average molecular weight is 151 g/mol. The van der Waals surface area contributed by atoms with E-state index < -0.39 is 0 Å². The smallest absolute Gasteiger partial charge is 0.251 e. The van der Waals surface area contributed by atoms with Gasteiger partial charge in [-0.25, -0.2) is 0 Å². The van der Waals surface area contributed by atoms with E-state index in [1.165, 1.54) is 0 Å². The van der Waals surface area contributed by atoms with E-state index in [9.17, 15) is 4.79 Å².